The molecular weight excluding hydrogens is 268 g/mol. The molecule has 2 unspecified atom stereocenters. The molecule has 0 aromatic carbocycles. The number of aromatic nitrogens is 3. The van der Waals surface area contributed by atoms with Gasteiger partial charge in [-0.3, -0.25) is 4.90 Å². The number of ether oxygens (including phenoxy) is 1. The second-order valence-electron chi connectivity index (χ2n) is 7.13. The highest BCUT2D eigenvalue weighted by atomic mass is 16.5. The summed E-state index contributed by atoms with van der Waals surface area (Å²) in [4.78, 5) is 2.50. The van der Waals surface area contributed by atoms with Crippen LogP contribution in [-0.4, -0.2) is 57.3 Å². The molecule has 3 rings (SSSR count). The fraction of sp³-hybridized carbons (Fsp3) is 0.867. The fourth-order valence-corrected chi connectivity index (χ4v) is 3.29. The van der Waals surface area contributed by atoms with Gasteiger partial charge in [0.05, 0.1) is 25.5 Å². The lowest BCUT2D eigenvalue weighted by atomic mass is 9.91. The molecule has 0 aliphatic carbocycles. The molecular formula is C15H26N4O2. The zero-order valence-electron chi connectivity index (χ0n) is 13.4. The molecule has 21 heavy (non-hydrogen) atoms. The van der Waals surface area contributed by atoms with Crippen molar-refractivity contribution < 1.29 is 9.84 Å². The van der Waals surface area contributed by atoms with Crippen molar-refractivity contribution in [2.45, 2.75) is 45.4 Å². The second-order valence-corrected chi connectivity index (χ2v) is 7.13. The maximum Gasteiger partial charge on any atom is 0.156 e. The van der Waals surface area contributed by atoms with Crippen LogP contribution in [0.1, 0.15) is 39.4 Å². The van der Waals surface area contributed by atoms with Crippen LogP contribution in [0.2, 0.25) is 0 Å². The van der Waals surface area contributed by atoms with Crippen LogP contribution in [0.4, 0.5) is 0 Å². The van der Waals surface area contributed by atoms with Crippen LogP contribution in [0, 0.1) is 11.8 Å². The first-order valence-electron chi connectivity index (χ1n) is 7.87. The fourth-order valence-electron chi connectivity index (χ4n) is 3.29. The Hall–Kier alpha value is -0.980. The van der Waals surface area contributed by atoms with Crippen molar-refractivity contribution in [2.24, 2.45) is 11.8 Å². The van der Waals surface area contributed by atoms with Crippen LogP contribution >= 0.6 is 0 Å². The van der Waals surface area contributed by atoms with Gasteiger partial charge in [0.1, 0.15) is 5.69 Å². The van der Waals surface area contributed by atoms with Gasteiger partial charge in [-0.05, 0) is 25.7 Å². The summed E-state index contributed by atoms with van der Waals surface area (Å²) in [6.45, 7) is 11.8. The number of hydrogen-bond acceptors (Lipinski definition) is 5. The molecule has 2 aliphatic heterocycles. The molecule has 1 aromatic heterocycles. The molecule has 2 saturated heterocycles. The lowest BCUT2D eigenvalue weighted by Gasteiger charge is -2.34. The number of nitrogens with zero attached hydrogens (tertiary/aromatic N) is 4. The monoisotopic (exact) mass is 294 g/mol. The Balaban J connectivity index is 1.81. The quantitative estimate of drug-likeness (QED) is 0.899. The topological polar surface area (TPSA) is 63.4 Å². The molecule has 1 N–H and O–H groups in total. The third kappa shape index (κ3) is 2.60. The first-order valence-corrected chi connectivity index (χ1v) is 7.87. The molecule has 6 heteroatoms. The van der Waals surface area contributed by atoms with Crippen LogP contribution < -0.4 is 0 Å². The van der Waals surface area contributed by atoms with Crippen LogP contribution in [-0.2, 0) is 10.3 Å². The molecule has 2 aliphatic rings. The van der Waals surface area contributed by atoms with Crippen LogP contribution in [0.15, 0.2) is 6.20 Å². The predicted molar refractivity (Wildman–Crippen MR) is 78.8 cm³/mol. The van der Waals surface area contributed by atoms with E-state index in [0.29, 0.717) is 42.8 Å². The minimum Gasteiger partial charge on any atom is -0.379 e. The molecule has 0 spiro atoms. The number of hydrogen-bond donors (Lipinski definition) is 1. The van der Waals surface area contributed by atoms with E-state index >= 15 is 0 Å². The predicted octanol–water partition coefficient (Wildman–Crippen LogP) is 1.03. The van der Waals surface area contributed by atoms with Gasteiger partial charge in [0.2, 0.25) is 0 Å². The molecule has 2 fully saturated rings. The summed E-state index contributed by atoms with van der Waals surface area (Å²) in [6.07, 6.45) is 1.91. The van der Waals surface area contributed by atoms with E-state index in [2.05, 4.69) is 42.9 Å². The molecule has 0 amide bonds. The van der Waals surface area contributed by atoms with E-state index in [9.17, 15) is 5.11 Å². The summed E-state index contributed by atoms with van der Waals surface area (Å²) in [5, 5.41) is 18.8. The van der Waals surface area contributed by atoms with Gasteiger partial charge in [-0.25, -0.2) is 4.68 Å². The van der Waals surface area contributed by atoms with Gasteiger partial charge in [-0.1, -0.05) is 19.1 Å². The van der Waals surface area contributed by atoms with Gasteiger partial charge in [-0.2, -0.15) is 0 Å². The van der Waals surface area contributed by atoms with Crippen LogP contribution in [0.3, 0.4) is 0 Å². The van der Waals surface area contributed by atoms with E-state index < -0.39 is 5.60 Å². The Morgan fingerprint density at radius 1 is 1.29 bits per heavy atom. The lowest BCUT2D eigenvalue weighted by molar-refractivity contribution is -0.186. The Bertz CT molecular complexity index is 496. The third-order valence-electron chi connectivity index (χ3n) is 4.96. The SMILES string of the molecule is CC(C)C1CN(C(C)C)CC1n1cc(C2(O)COC2)nn1. The van der Waals surface area contributed by atoms with Gasteiger partial charge in [-0.15, -0.1) is 5.10 Å². The molecule has 1 aromatic rings. The highest BCUT2D eigenvalue weighted by Gasteiger charge is 2.42. The molecule has 0 saturated carbocycles. The first-order chi connectivity index (χ1) is 9.90. The molecule has 3 heterocycles. The van der Waals surface area contributed by atoms with Crippen molar-refractivity contribution in [3.8, 4) is 0 Å². The van der Waals surface area contributed by atoms with E-state index in [0.717, 1.165) is 13.1 Å². The summed E-state index contributed by atoms with van der Waals surface area (Å²) < 4.78 is 7.06. The van der Waals surface area contributed by atoms with Crippen LogP contribution in [0.5, 0.6) is 0 Å². The smallest absolute Gasteiger partial charge is 0.156 e. The second kappa shape index (κ2) is 5.34. The summed E-state index contributed by atoms with van der Waals surface area (Å²) >= 11 is 0. The van der Waals surface area contributed by atoms with E-state index in [-0.39, 0.29) is 0 Å². The first kappa shape index (κ1) is 14.9. The maximum atomic E-state index is 10.3. The Morgan fingerprint density at radius 3 is 2.52 bits per heavy atom. The minimum atomic E-state index is -0.929. The van der Waals surface area contributed by atoms with Crippen molar-refractivity contribution in [3.63, 3.8) is 0 Å². The largest absolute Gasteiger partial charge is 0.379 e. The van der Waals surface area contributed by atoms with Gasteiger partial charge >= 0.3 is 0 Å². The highest BCUT2D eigenvalue weighted by molar-refractivity contribution is 5.11. The van der Waals surface area contributed by atoms with Gasteiger partial charge in [0.15, 0.2) is 5.60 Å². The highest BCUT2D eigenvalue weighted by Crippen LogP contribution is 2.35. The van der Waals surface area contributed by atoms with Crippen molar-refractivity contribution in [1.82, 2.24) is 19.9 Å². The van der Waals surface area contributed by atoms with Gasteiger partial charge < -0.3 is 9.84 Å². The molecule has 0 radical (unpaired) electrons. The van der Waals surface area contributed by atoms with Crippen molar-refractivity contribution in [1.29, 1.82) is 0 Å². The van der Waals surface area contributed by atoms with Crippen molar-refractivity contribution in [3.05, 3.63) is 11.9 Å². The Labute approximate surface area is 126 Å². The minimum absolute atomic E-state index is 0.322. The molecule has 6 nitrogen and oxygen atoms in total. The normalized spacial score (nSPS) is 29.3. The number of rotatable bonds is 4. The summed E-state index contributed by atoms with van der Waals surface area (Å²) in [6, 6.07) is 0.877. The van der Waals surface area contributed by atoms with Crippen molar-refractivity contribution in [2.75, 3.05) is 26.3 Å². The van der Waals surface area contributed by atoms with E-state index in [4.69, 9.17) is 4.74 Å². The summed E-state index contributed by atoms with van der Waals surface area (Å²) in [5.41, 5.74) is -0.290. The van der Waals surface area contributed by atoms with E-state index in [1.54, 1.807) is 0 Å². The number of aliphatic hydroxyl groups is 1. The lowest BCUT2D eigenvalue weighted by Crippen LogP contribution is -2.46. The molecule has 0 bridgehead atoms. The average molecular weight is 294 g/mol. The maximum absolute atomic E-state index is 10.3. The van der Waals surface area contributed by atoms with E-state index in [1.807, 2.05) is 10.9 Å². The van der Waals surface area contributed by atoms with Crippen molar-refractivity contribution >= 4 is 0 Å². The third-order valence-corrected chi connectivity index (χ3v) is 4.96. The molecule has 2 atom stereocenters. The van der Waals surface area contributed by atoms with Gasteiger partial charge in [0, 0.05) is 19.1 Å². The van der Waals surface area contributed by atoms with Gasteiger partial charge in [0.25, 0.3) is 0 Å². The van der Waals surface area contributed by atoms with E-state index in [1.165, 1.54) is 0 Å². The zero-order valence-corrected chi connectivity index (χ0v) is 13.4. The van der Waals surface area contributed by atoms with Crippen LogP contribution in [0.25, 0.3) is 0 Å². The zero-order chi connectivity index (χ0) is 15.2. The average Bonchev–Trinajstić information content (AvgIpc) is 3.02. The Kier molecular flexibility index (Phi) is 3.80. The number of likely N-dealkylation sites (tertiary alicyclic amines) is 1. The standard InChI is InChI=1S/C15H26N4O2/c1-10(2)12-5-18(11(3)4)6-13(12)19-7-14(16-17-19)15(20)8-21-9-15/h7,10-13,20H,5-6,8-9H2,1-4H3. The molecule has 118 valence electrons. The Morgan fingerprint density at radius 2 is 2.00 bits per heavy atom. The summed E-state index contributed by atoms with van der Waals surface area (Å²) in [5.74, 6) is 1.16. The summed E-state index contributed by atoms with van der Waals surface area (Å²) in [7, 11) is 0.